The van der Waals surface area contributed by atoms with Crippen molar-refractivity contribution in [3.05, 3.63) is 47.5 Å². The maximum absolute atomic E-state index is 11.8. The molecule has 0 heterocycles. The van der Waals surface area contributed by atoms with E-state index in [1.807, 2.05) is 44.2 Å². The molecule has 0 aliphatic rings. The number of hydrogen-bond donors (Lipinski definition) is 0. The number of carbonyl (C=O) groups excluding carboxylic acids is 2. The summed E-state index contributed by atoms with van der Waals surface area (Å²) >= 11 is 0. The Bertz CT molecular complexity index is 560. The van der Waals surface area contributed by atoms with E-state index in [1.54, 1.807) is 26.8 Å². The van der Waals surface area contributed by atoms with Crippen LogP contribution in [0.3, 0.4) is 0 Å². The minimum absolute atomic E-state index is 0.319. The quantitative estimate of drug-likeness (QED) is 0.343. The number of ether oxygens (including phenoxy) is 1. The summed E-state index contributed by atoms with van der Waals surface area (Å²) in [5, 5.41) is 4.13. The van der Waals surface area contributed by atoms with Crippen molar-refractivity contribution in [2.75, 3.05) is 0 Å². The summed E-state index contributed by atoms with van der Waals surface area (Å²) in [5.74, 6) is -0.758. The summed E-state index contributed by atoms with van der Waals surface area (Å²) in [7, 11) is 0. The Morgan fingerprint density at radius 1 is 1.09 bits per heavy atom. The highest BCUT2D eigenvalue weighted by Gasteiger charge is 2.20. The Morgan fingerprint density at radius 2 is 1.70 bits per heavy atom. The molecule has 0 atom stereocenters. The van der Waals surface area contributed by atoms with Gasteiger partial charge in [0, 0.05) is 11.0 Å². The highest BCUT2D eigenvalue weighted by molar-refractivity contribution is 5.87. The average Bonchev–Trinajstić information content (AvgIpc) is 2.46. The van der Waals surface area contributed by atoms with Crippen LogP contribution in [-0.4, -0.2) is 18.2 Å². The van der Waals surface area contributed by atoms with Crippen LogP contribution in [0.25, 0.3) is 0 Å². The van der Waals surface area contributed by atoms with Crippen molar-refractivity contribution in [1.82, 2.24) is 0 Å². The Balaban J connectivity index is 2.57. The van der Waals surface area contributed by atoms with Crippen LogP contribution in [0, 0.1) is 0 Å². The lowest BCUT2D eigenvalue weighted by molar-refractivity contribution is -0.457. The largest absolute Gasteiger partial charge is 0.543 e. The van der Waals surface area contributed by atoms with Gasteiger partial charge in [0.15, 0.2) is 0 Å². The SMILES string of the molecule is C/C(=C/C(C)(C)c1ccccc1)C(=O)OOOC(=O)OC(C)C. The van der Waals surface area contributed by atoms with Crippen LogP contribution in [-0.2, 0) is 29.8 Å². The molecular weight excluding hydrogens is 300 g/mol. The van der Waals surface area contributed by atoms with E-state index < -0.39 is 12.1 Å². The maximum atomic E-state index is 11.8. The molecule has 126 valence electrons. The summed E-state index contributed by atoms with van der Waals surface area (Å²) in [4.78, 5) is 31.4. The van der Waals surface area contributed by atoms with Crippen LogP contribution in [0.15, 0.2) is 42.0 Å². The topological polar surface area (TPSA) is 71.1 Å². The molecule has 1 aromatic rings. The molecule has 1 rings (SSSR count). The van der Waals surface area contributed by atoms with E-state index in [4.69, 9.17) is 0 Å². The monoisotopic (exact) mass is 322 g/mol. The molecule has 0 saturated carbocycles. The molecule has 0 N–H and O–H groups in total. The van der Waals surface area contributed by atoms with Gasteiger partial charge in [-0.25, -0.2) is 14.5 Å². The van der Waals surface area contributed by atoms with E-state index in [1.165, 1.54) is 0 Å². The zero-order chi connectivity index (χ0) is 17.5. The second-order valence-electron chi connectivity index (χ2n) is 5.85. The zero-order valence-electron chi connectivity index (χ0n) is 14.0. The number of allylic oxidation sites excluding steroid dienone is 1. The zero-order valence-corrected chi connectivity index (χ0v) is 14.0. The maximum Gasteiger partial charge on any atom is 0.543 e. The van der Waals surface area contributed by atoms with Crippen molar-refractivity contribution in [3.8, 4) is 0 Å². The lowest BCUT2D eigenvalue weighted by atomic mass is 9.83. The molecule has 0 radical (unpaired) electrons. The first kappa shape index (κ1) is 18.7. The lowest BCUT2D eigenvalue weighted by Gasteiger charge is -2.21. The fraction of sp³-hybridized carbons (Fsp3) is 0.412. The van der Waals surface area contributed by atoms with Gasteiger partial charge in [0.25, 0.3) is 0 Å². The fourth-order valence-corrected chi connectivity index (χ4v) is 1.90. The van der Waals surface area contributed by atoms with Gasteiger partial charge in [-0.3, -0.25) is 4.89 Å². The highest BCUT2D eigenvalue weighted by atomic mass is 17.5. The molecule has 0 bridgehead atoms. The van der Waals surface area contributed by atoms with E-state index in [0.717, 1.165) is 5.56 Å². The summed E-state index contributed by atoms with van der Waals surface area (Å²) in [6.07, 6.45) is 0.301. The normalized spacial score (nSPS) is 12.0. The fourth-order valence-electron chi connectivity index (χ4n) is 1.90. The van der Waals surface area contributed by atoms with Gasteiger partial charge in [-0.2, -0.15) is 0 Å². The van der Waals surface area contributed by atoms with E-state index in [-0.39, 0.29) is 11.5 Å². The van der Waals surface area contributed by atoms with E-state index in [0.29, 0.717) is 5.57 Å². The molecule has 6 heteroatoms. The van der Waals surface area contributed by atoms with Gasteiger partial charge in [-0.15, -0.1) is 0 Å². The van der Waals surface area contributed by atoms with Crippen molar-refractivity contribution in [2.45, 2.75) is 46.1 Å². The van der Waals surface area contributed by atoms with Crippen LogP contribution in [0.2, 0.25) is 0 Å². The second-order valence-corrected chi connectivity index (χ2v) is 5.85. The molecule has 23 heavy (non-hydrogen) atoms. The van der Waals surface area contributed by atoms with Gasteiger partial charge in [0.2, 0.25) is 0 Å². The first-order valence-corrected chi connectivity index (χ1v) is 7.23. The molecule has 6 nitrogen and oxygen atoms in total. The van der Waals surface area contributed by atoms with Gasteiger partial charge >= 0.3 is 12.1 Å². The predicted octanol–water partition coefficient (Wildman–Crippen LogP) is 3.86. The Morgan fingerprint density at radius 3 is 2.26 bits per heavy atom. The average molecular weight is 322 g/mol. The van der Waals surface area contributed by atoms with E-state index in [2.05, 4.69) is 19.6 Å². The van der Waals surface area contributed by atoms with Crippen LogP contribution >= 0.6 is 0 Å². The van der Waals surface area contributed by atoms with Gasteiger partial charge in [0.1, 0.15) is 0 Å². The first-order valence-electron chi connectivity index (χ1n) is 7.23. The Labute approximate surface area is 135 Å². The van der Waals surface area contributed by atoms with Crippen LogP contribution in [0.4, 0.5) is 4.79 Å². The third kappa shape index (κ3) is 6.52. The van der Waals surface area contributed by atoms with Gasteiger partial charge in [-0.05, 0) is 26.3 Å². The molecule has 1 aromatic carbocycles. The number of rotatable bonds is 6. The van der Waals surface area contributed by atoms with E-state index in [9.17, 15) is 9.59 Å². The van der Waals surface area contributed by atoms with Crippen LogP contribution in [0.1, 0.15) is 40.2 Å². The molecule has 0 aliphatic heterocycles. The molecule has 0 unspecified atom stereocenters. The molecule has 0 aliphatic carbocycles. The molecule has 0 saturated heterocycles. The third-order valence-electron chi connectivity index (χ3n) is 2.96. The first-order chi connectivity index (χ1) is 10.7. The van der Waals surface area contributed by atoms with E-state index >= 15 is 0 Å². The standard InChI is InChI=1S/C17H22O6/c1-12(2)20-16(19)22-23-21-15(18)13(3)11-17(4,5)14-9-7-6-8-10-14/h6-12H,1-5H3/b13-11-. The van der Waals surface area contributed by atoms with Crippen molar-refractivity contribution in [3.63, 3.8) is 0 Å². The van der Waals surface area contributed by atoms with Gasteiger partial charge in [-0.1, -0.05) is 50.3 Å². The molecule has 0 amide bonds. The Hall–Kier alpha value is -2.34. The van der Waals surface area contributed by atoms with Crippen molar-refractivity contribution < 1.29 is 29.1 Å². The lowest BCUT2D eigenvalue weighted by Crippen LogP contribution is -2.18. The molecule has 0 fully saturated rings. The minimum atomic E-state index is -1.08. The van der Waals surface area contributed by atoms with Crippen LogP contribution in [0.5, 0.6) is 0 Å². The second kappa shape index (κ2) is 8.33. The third-order valence-corrected chi connectivity index (χ3v) is 2.96. The summed E-state index contributed by atoms with van der Waals surface area (Å²) in [6.45, 7) is 8.81. The van der Waals surface area contributed by atoms with Crippen LogP contribution < -0.4 is 0 Å². The van der Waals surface area contributed by atoms with Gasteiger partial charge in [0.05, 0.1) is 11.1 Å². The minimum Gasteiger partial charge on any atom is -0.430 e. The van der Waals surface area contributed by atoms with Crippen molar-refractivity contribution >= 4 is 12.1 Å². The molecular formula is C17H22O6. The predicted molar refractivity (Wildman–Crippen MR) is 83.1 cm³/mol. The summed E-state index contributed by atoms with van der Waals surface area (Å²) in [6, 6.07) is 9.71. The Kier molecular flexibility index (Phi) is 6.78. The summed E-state index contributed by atoms with van der Waals surface area (Å²) in [5.41, 5.74) is 0.992. The molecule has 0 spiro atoms. The molecule has 0 aromatic heterocycles. The van der Waals surface area contributed by atoms with Crippen molar-refractivity contribution in [2.24, 2.45) is 0 Å². The highest BCUT2D eigenvalue weighted by Crippen LogP contribution is 2.26. The summed E-state index contributed by atoms with van der Waals surface area (Å²) < 4.78 is 4.64. The smallest absolute Gasteiger partial charge is 0.430 e. The van der Waals surface area contributed by atoms with Gasteiger partial charge < -0.3 is 4.74 Å². The van der Waals surface area contributed by atoms with Crippen molar-refractivity contribution in [1.29, 1.82) is 0 Å². The number of carbonyl (C=O) groups is 2. The number of benzene rings is 1. The number of hydrogen-bond acceptors (Lipinski definition) is 6.